The fourth-order valence-electron chi connectivity index (χ4n) is 2.27. The molecule has 0 saturated carbocycles. The van der Waals surface area contributed by atoms with E-state index in [2.05, 4.69) is 22.8 Å². The van der Waals surface area contributed by atoms with Crippen LogP contribution in [0.25, 0.3) is 0 Å². The summed E-state index contributed by atoms with van der Waals surface area (Å²) in [6.45, 7) is 1.95. The molecule has 6 heteroatoms. The first-order valence-electron chi connectivity index (χ1n) is 8.54. The number of nitrogens with zero attached hydrogens (tertiary/aromatic N) is 1. The van der Waals surface area contributed by atoms with Crippen LogP contribution in [-0.2, 0) is 4.79 Å². The van der Waals surface area contributed by atoms with Crippen molar-refractivity contribution in [1.82, 2.24) is 10.7 Å². The van der Waals surface area contributed by atoms with Gasteiger partial charge in [-0.25, -0.2) is 5.43 Å². The smallest absolute Gasteiger partial charge is 0.259 e. The second-order valence-electron chi connectivity index (χ2n) is 5.75. The van der Waals surface area contributed by atoms with Gasteiger partial charge in [-0.05, 0) is 42.7 Å². The number of halogens is 1. The minimum Gasteiger partial charge on any atom is -0.343 e. The van der Waals surface area contributed by atoms with Crippen LogP contribution in [0.5, 0.6) is 0 Å². The average Bonchev–Trinajstić information content (AvgIpc) is 2.67. The van der Waals surface area contributed by atoms with Crippen molar-refractivity contribution >= 4 is 29.1 Å². The second kappa shape index (κ2) is 10.4. The second-order valence-corrected chi connectivity index (χ2v) is 6.19. The highest BCUT2D eigenvalue weighted by molar-refractivity contribution is 6.30. The highest BCUT2D eigenvalue weighted by Crippen LogP contribution is 2.09. The molecule has 5 nitrogen and oxygen atoms in total. The molecule has 0 fully saturated rings. The number of rotatable bonds is 8. The summed E-state index contributed by atoms with van der Waals surface area (Å²) in [5.74, 6) is -0.715. The van der Waals surface area contributed by atoms with E-state index >= 15 is 0 Å². The fourth-order valence-corrected chi connectivity index (χ4v) is 2.40. The van der Waals surface area contributed by atoms with E-state index in [4.69, 9.17) is 11.6 Å². The molecule has 0 bridgehead atoms. The van der Waals surface area contributed by atoms with Gasteiger partial charge in [0.05, 0.1) is 12.3 Å². The van der Waals surface area contributed by atoms with Crippen molar-refractivity contribution < 1.29 is 9.59 Å². The number of amides is 2. The van der Waals surface area contributed by atoms with Crippen LogP contribution in [0.1, 0.15) is 42.1 Å². The van der Waals surface area contributed by atoms with Crippen molar-refractivity contribution in [3.8, 4) is 0 Å². The maximum atomic E-state index is 12.0. The summed E-state index contributed by atoms with van der Waals surface area (Å²) in [5.41, 5.74) is 4.76. The van der Waals surface area contributed by atoms with E-state index in [0.29, 0.717) is 10.6 Å². The Labute approximate surface area is 158 Å². The molecule has 0 unspecified atom stereocenters. The molecule has 136 valence electrons. The van der Waals surface area contributed by atoms with Crippen LogP contribution in [0, 0.1) is 0 Å². The summed E-state index contributed by atoms with van der Waals surface area (Å²) in [6.07, 6.45) is 2.80. The molecule has 0 heterocycles. The molecule has 26 heavy (non-hydrogen) atoms. The van der Waals surface area contributed by atoms with Crippen molar-refractivity contribution in [2.24, 2.45) is 5.10 Å². The summed E-state index contributed by atoms with van der Waals surface area (Å²) < 4.78 is 0. The van der Waals surface area contributed by atoms with Gasteiger partial charge >= 0.3 is 0 Å². The van der Waals surface area contributed by atoms with Gasteiger partial charge in [0.1, 0.15) is 0 Å². The van der Waals surface area contributed by atoms with Gasteiger partial charge in [0, 0.05) is 10.6 Å². The molecule has 2 aromatic rings. The van der Waals surface area contributed by atoms with E-state index in [1.165, 1.54) is 0 Å². The first-order chi connectivity index (χ1) is 12.6. The number of carbonyl (C=O) groups is 2. The van der Waals surface area contributed by atoms with Crippen molar-refractivity contribution in [1.29, 1.82) is 0 Å². The number of carbonyl (C=O) groups excluding carboxylic acids is 2. The lowest BCUT2D eigenvalue weighted by molar-refractivity contribution is -0.120. The molecule has 0 spiro atoms. The summed E-state index contributed by atoms with van der Waals surface area (Å²) in [5, 5.41) is 7.35. The Morgan fingerprint density at radius 2 is 1.69 bits per heavy atom. The molecule has 2 rings (SSSR count). The van der Waals surface area contributed by atoms with Crippen LogP contribution in [0.3, 0.4) is 0 Å². The predicted molar refractivity (Wildman–Crippen MR) is 104 cm³/mol. The Hall–Kier alpha value is -2.66. The minimum absolute atomic E-state index is 0.152. The molecule has 0 aliphatic rings. The molecule has 0 aliphatic carbocycles. The van der Waals surface area contributed by atoms with Crippen LogP contribution in [0.2, 0.25) is 5.02 Å². The molecule has 0 aromatic heterocycles. The van der Waals surface area contributed by atoms with Gasteiger partial charge in [-0.1, -0.05) is 55.3 Å². The normalized spacial score (nSPS) is 11.1. The number of hydrazone groups is 1. The summed E-state index contributed by atoms with van der Waals surface area (Å²) >= 11 is 5.79. The molecule has 0 radical (unpaired) electrons. The van der Waals surface area contributed by atoms with Crippen LogP contribution in [-0.4, -0.2) is 24.1 Å². The van der Waals surface area contributed by atoms with E-state index < -0.39 is 0 Å². The van der Waals surface area contributed by atoms with Crippen LogP contribution in [0.15, 0.2) is 59.7 Å². The number of benzene rings is 2. The zero-order valence-corrected chi connectivity index (χ0v) is 15.4. The molecule has 2 amide bonds. The lowest BCUT2D eigenvalue weighted by Crippen LogP contribution is -2.35. The van der Waals surface area contributed by atoms with Gasteiger partial charge in [0.15, 0.2) is 0 Å². The number of unbranched alkanes of at least 4 members (excludes halogenated alkanes) is 1. The number of hydrogen-bond donors (Lipinski definition) is 2. The van der Waals surface area contributed by atoms with Gasteiger partial charge in [-0.15, -0.1) is 0 Å². The zero-order chi connectivity index (χ0) is 18.8. The average molecular weight is 372 g/mol. The minimum atomic E-state index is -0.378. The van der Waals surface area contributed by atoms with Gasteiger partial charge in [0.25, 0.3) is 11.8 Å². The largest absolute Gasteiger partial charge is 0.343 e. The lowest BCUT2D eigenvalue weighted by Gasteiger charge is -2.08. The first kappa shape index (κ1) is 19.7. The Morgan fingerprint density at radius 1 is 1.00 bits per heavy atom. The standard InChI is InChI=1S/C20H22ClN3O2/c1-2-3-9-18(15-7-5-4-6-8-15)23-24-19(25)14-22-20(26)16-10-12-17(21)13-11-16/h4-8,10-13H,2-3,9,14H2,1H3,(H,22,26)(H,24,25)/b23-18-. The monoisotopic (exact) mass is 371 g/mol. The van der Waals surface area contributed by atoms with Crippen molar-refractivity contribution in [3.63, 3.8) is 0 Å². The molecular formula is C20H22ClN3O2. The summed E-state index contributed by atoms with van der Waals surface area (Å²) in [4.78, 5) is 24.0. The summed E-state index contributed by atoms with van der Waals surface area (Å²) in [7, 11) is 0. The van der Waals surface area contributed by atoms with Gasteiger partial charge < -0.3 is 5.32 Å². The Morgan fingerprint density at radius 3 is 2.35 bits per heavy atom. The molecule has 0 saturated heterocycles. The molecule has 0 atom stereocenters. The zero-order valence-electron chi connectivity index (χ0n) is 14.7. The number of nitrogens with one attached hydrogen (secondary N) is 2. The fraction of sp³-hybridized carbons (Fsp3) is 0.250. The van der Waals surface area contributed by atoms with Crippen molar-refractivity contribution in [3.05, 3.63) is 70.7 Å². The quantitative estimate of drug-likeness (QED) is 0.547. The lowest BCUT2D eigenvalue weighted by atomic mass is 10.1. The Balaban J connectivity index is 1.91. The highest BCUT2D eigenvalue weighted by Gasteiger charge is 2.08. The van der Waals surface area contributed by atoms with E-state index in [-0.39, 0.29) is 18.4 Å². The van der Waals surface area contributed by atoms with Crippen LogP contribution < -0.4 is 10.7 Å². The van der Waals surface area contributed by atoms with Gasteiger partial charge in [0.2, 0.25) is 0 Å². The van der Waals surface area contributed by atoms with E-state index in [0.717, 1.165) is 30.5 Å². The van der Waals surface area contributed by atoms with E-state index in [1.807, 2.05) is 30.3 Å². The first-order valence-corrected chi connectivity index (χ1v) is 8.92. The SMILES string of the molecule is CCCC/C(=N/NC(=O)CNC(=O)c1ccc(Cl)cc1)c1ccccc1. The van der Waals surface area contributed by atoms with E-state index in [1.54, 1.807) is 24.3 Å². The Kier molecular flexibility index (Phi) is 7.83. The molecule has 2 N–H and O–H groups in total. The van der Waals surface area contributed by atoms with E-state index in [9.17, 15) is 9.59 Å². The summed E-state index contributed by atoms with van der Waals surface area (Å²) in [6, 6.07) is 16.2. The van der Waals surface area contributed by atoms with Crippen LogP contribution >= 0.6 is 11.6 Å². The molecule has 2 aromatic carbocycles. The number of hydrogen-bond acceptors (Lipinski definition) is 3. The highest BCUT2D eigenvalue weighted by atomic mass is 35.5. The van der Waals surface area contributed by atoms with Crippen LogP contribution in [0.4, 0.5) is 0 Å². The third-order valence-corrected chi connectivity index (χ3v) is 3.96. The molecular weight excluding hydrogens is 350 g/mol. The third kappa shape index (κ3) is 6.33. The third-order valence-electron chi connectivity index (χ3n) is 3.71. The topological polar surface area (TPSA) is 70.6 Å². The maximum Gasteiger partial charge on any atom is 0.259 e. The Bertz CT molecular complexity index is 758. The molecule has 0 aliphatic heterocycles. The van der Waals surface area contributed by atoms with Gasteiger partial charge in [-0.3, -0.25) is 9.59 Å². The van der Waals surface area contributed by atoms with Crippen molar-refractivity contribution in [2.75, 3.05) is 6.54 Å². The van der Waals surface area contributed by atoms with Gasteiger partial charge in [-0.2, -0.15) is 5.10 Å². The predicted octanol–water partition coefficient (Wildman–Crippen LogP) is 3.78. The maximum absolute atomic E-state index is 12.0. The van der Waals surface area contributed by atoms with Crippen molar-refractivity contribution in [2.45, 2.75) is 26.2 Å².